The van der Waals surface area contributed by atoms with E-state index in [1.54, 1.807) is 0 Å². The van der Waals surface area contributed by atoms with Crippen LogP contribution in [0.1, 0.15) is 30.4 Å². The molecule has 1 aromatic carbocycles. The zero-order valence-electron chi connectivity index (χ0n) is 13.7. The summed E-state index contributed by atoms with van der Waals surface area (Å²) >= 11 is 0. The molecule has 0 radical (unpaired) electrons. The van der Waals surface area contributed by atoms with Crippen LogP contribution in [-0.4, -0.2) is 30.8 Å². The number of nitrogens with one attached hydrogen (secondary N) is 2. The average Bonchev–Trinajstić information content (AvgIpc) is 2.93. The molecule has 2 unspecified atom stereocenters. The third kappa shape index (κ3) is 6.28. The number of hydrogen-bond acceptors (Lipinski definition) is 2. The highest BCUT2D eigenvalue weighted by molar-refractivity contribution is 14.0. The topological polar surface area (TPSA) is 56.7 Å². The number of rotatable bonds is 4. The van der Waals surface area contributed by atoms with Gasteiger partial charge >= 0.3 is 6.18 Å². The van der Waals surface area contributed by atoms with Gasteiger partial charge in [0.1, 0.15) is 5.82 Å². The number of alkyl halides is 3. The van der Waals surface area contributed by atoms with Crippen LogP contribution in [0, 0.1) is 11.7 Å². The van der Waals surface area contributed by atoms with Crippen LogP contribution in [0.2, 0.25) is 0 Å². The van der Waals surface area contributed by atoms with Gasteiger partial charge in [0.2, 0.25) is 0 Å². The Bertz CT molecular complexity index is 595. The molecule has 0 bridgehead atoms. The first-order chi connectivity index (χ1) is 11.3. The van der Waals surface area contributed by atoms with Crippen LogP contribution < -0.4 is 10.6 Å². The largest absolute Gasteiger partial charge is 0.416 e. The lowest BCUT2D eigenvalue weighted by atomic mass is 10.1. The van der Waals surface area contributed by atoms with Crippen LogP contribution in [0.3, 0.4) is 0 Å². The molecule has 0 spiro atoms. The number of halogens is 5. The molecule has 0 heterocycles. The Hall–Kier alpha value is -1.10. The van der Waals surface area contributed by atoms with Crippen LogP contribution in [0.15, 0.2) is 23.2 Å². The van der Waals surface area contributed by atoms with Crippen molar-refractivity contribution in [2.24, 2.45) is 10.9 Å². The second-order valence-corrected chi connectivity index (χ2v) is 5.86. The maximum atomic E-state index is 13.1. The summed E-state index contributed by atoms with van der Waals surface area (Å²) < 4.78 is 52.0. The van der Waals surface area contributed by atoms with Gasteiger partial charge in [0.15, 0.2) is 5.96 Å². The Morgan fingerprint density at radius 1 is 1.28 bits per heavy atom. The van der Waals surface area contributed by atoms with E-state index in [9.17, 15) is 22.7 Å². The van der Waals surface area contributed by atoms with E-state index in [4.69, 9.17) is 0 Å². The van der Waals surface area contributed by atoms with Gasteiger partial charge in [-0.15, -0.1) is 24.0 Å². The molecule has 1 aliphatic carbocycles. The van der Waals surface area contributed by atoms with Gasteiger partial charge in [0, 0.05) is 26.1 Å². The summed E-state index contributed by atoms with van der Waals surface area (Å²) in [6, 6.07) is 2.60. The lowest BCUT2D eigenvalue weighted by Crippen LogP contribution is -2.40. The first-order valence-corrected chi connectivity index (χ1v) is 7.79. The van der Waals surface area contributed by atoms with Crippen LogP contribution in [0.5, 0.6) is 0 Å². The fourth-order valence-electron chi connectivity index (χ4n) is 2.85. The highest BCUT2D eigenvalue weighted by Crippen LogP contribution is 2.32. The molecule has 1 aliphatic rings. The molecular weight excluding hydrogens is 453 g/mol. The maximum Gasteiger partial charge on any atom is 0.416 e. The quantitative estimate of drug-likeness (QED) is 0.271. The van der Waals surface area contributed by atoms with Crippen molar-refractivity contribution >= 4 is 29.9 Å². The van der Waals surface area contributed by atoms with Crippen molar-refractivity contribution in [1.82, 2.24) is 10.6 Å². The molecule has 142 valence electrons. The van der Waals surface area contributed by atoms with Crippen molar-refractivity contribution in [3.05, 3.63) is 35.1 Å². The molecule has 2 rings (SSSR count). The molecular formula is C16H22F4IN3O. The van der Waals surface area contributed by atoms with E-state index < -0.39 is 17.6 Å². The monoisotopic (exact) mass is 475 g/mol. The summed E-state index contributed by atoms with van der Waals surface area (Å²) in [5, 5.41) is 15.6. The van der Waals surface area contributed by atoms with Crippen LogP contribution >= 0.6 is 24.0 Å². The Kier molecular flexibility index (Phi) is 8.39. The van der Waals surface area contributed by atoms with Gasteiger partial charge in [-0.3, -0.25) is 4.99 Å². The highest BCUT2D eigenvalue weighted by Gasteiger charge is 2.33. The summed E-state index contributed by atoms with van der Waals surface area (Å²) in [4.78, 5) is 3.96. The van der Waals surface area contributed by atoms with Gasteiger partial charge in [0.25, 0.3) is 0 Å². The summed E-state index contributed by atoms with van der Waals surface area (Å²) in [5.41, 5.74) is -1.07. The predicted octanol–water partition coefficient (Wildman–Crippen LogP) is 3.29. The molecule has 1 aromatic rings. The number of aliphatic imine (C=N–C) groups is 1. The lowest BCUT2D eigenvalue weighted by molar-refractivity contribution is -0.138. The lowest BCUT2D eigenvalue weighted by Gasteiger charge is -2.19. The summed E-state index contributed by atoms with van der Waals surface area (Å²) in [6.45, 7) is 0.360. The van der Waals surface area contributed by atoms with Gasteiger partial charge in [-0.05, 0) is 30.5 Å². The number of hydrogen-bond donors (Lipinski definition) is 3. The van der Waals surface area contributed by atoms with Gasteiger partial charge in [-0.2, -0.15) is 13.2 Å². The average molecular weight is 475 g/mol. The van der Waals surface area contributed by atoms with Crippen molar-refractivity contribution in [2.75, 3.05) is 13.6 Å². The molecule has 2 atom stereocenters. The second kappa shape index (κ2) is 9.56. The predicted molar refractivity (Wildman–Crippen MR) is 98.4 cm³/mol. The van der Waals surface area contributed by atoms with E-state index in [0.717, 1.165) is 31.4 Å². The Morgan fingerprint density at radius 2 is 2.00 bits per heavy atom. The molecule has 1 fully saturated rings. The summed E-state index contributed by atoms with van der Waals surface area (Å²) in [6.07, 6.45) is -2.34. The maximum absolute atomic E-state index is 13.1. The SMILES string of the molecule is CN=C(NCc1ccc(F)cc1C(F)(F)F)NCC1CCCC1O.I. The van der Waals surface area contributed by atoms with E-state index in [2.05, 4.69) is 15.6 Å². The summed E-state index contributed by atoms with van der Waals surface area (Å²) in [7, 11) is 1.51. The molecule has 0 amide bonds. The Labute approximate surface area is 161 Å². The van der Waals surface area contributed by atoms with Crippen LogP contribution in [-0.2, 0) is 12.7 Å². The van der Waals surface area contributed by atoms with Crippen molar-refractivity contribution in [1.29, 1.82) is 0 Å². The fourth-order valence-corrected chi connectivity index (χ4v) is 2.85. The number of nitrogens with zero attached hydrogens (tertiary/aromatic N) is 1. The third-order valence-electron chi connectivity index (χ3n) is 4.20. The first kappa shape index (κ1) is 21.9. The van der Waals surface area contributed by atoms with Gasteiger partial charge in [-0.1, -0.05) is 12.5 Å². The molecule has 0 aliphatic heterocycles. The minimum Gasteiger partial charge on any atom is -0.393 e. The number of aliphatic hydroxyl groups is 1. The molecule has 25 heavy (non-hydrogen) atoms. The van der Waals surface area contributed by atoms with Crippen molar-refractivity contribution in [3.8, 4) is 0 Å². The van der Waals surface area contributed by atoms with Crippen molar-refractivity contribution < 1.29 is 22.7 Å². The Balaban J connectivity index is 0.00000312. The van der Waals surface area contributed by atoms with Gasteiger partial charge < -0.3 is 15.7 Å². The standard InChI is InChI=1S/C16H21F4N3O.HI/c1-21-15(23-9-11-3-2-4-14(11)24)22-8-10-5-6-12(17)7-13(10)16(18,19)20;/h5-7,11,14,24H,2-4,8-9H2,1H3,(H2,21,22,23);1H. The summed E-state index contributed by atoms with van der Waals surface area (Å²) in [5.74, 6) is -0.476. The Morgan fingerprint density at radius 3 is 2.56 bits per heavy atom. The van der Waals surface area contributed by atoms with E-state index in [-0.39, 0.29) is 48.1 Å². The van der Waals surface area contributed by atoms with Crippen LogP contribution in [0.25, 0.3) is 0 Å². The number of guanidine groups is 1. The molecule has 9 heteroatoms. The second-order valence-electron chi connectivity index (χ2n) is 5.86. The third-order valence-corrected chi connectivity index (χ3v) is 4.20. The molecule has 3 N–H and O–H groups in total. The molecule has 4 nitrogen and oxygen atoms in total. The number of benzene rings is 1. The van der Waals surface area contributed by atoms with E-state index in [1.807, 2.05) is 0 Å². The van der Waals surface area contributed by atoms with Gasteiger partial charge in [0.05, 0.1) is 11.7 Å². The van der Waals surface area contributed by atoms with Gasteiger partial charge in [-0.25, -0.2) is 4.39 Å². The fraction of sp³-hybridized carbons (Fsp3) is 0.562. The minimum absolute atomic E-state index is 0. The molecule has 0 aromatic heterocycles. The normalized spacial score (nSPS) is 21.0. The highest BCUT2D eigenvalue weighted by atomic mass is 127. The van der Waals surface area contributed by atoms with E-state index in [1.165, 1.54) is 7.05 Å². The molecule has 1 saturated carbocycles. The zero-order valence-corrected chi connectivity index (χ0v) is 16.1. The van der Waals surface area contributed by atoms with Crippen LogP contribution in [0.4, 0.5) is 17.6 Å². The van der Waals surface area contributed by atoms with E-state index >= 15 is 0 Å². The van der Waals surface area contributed by atoms with E-state index in [0.29, 0.717) is 18.6 Å². The van der Waals surface area contributed by atoms with Crippen molar-refractivity contribution in [2.45, 2.75) is 38.1 Å². The smallest absolute Gasteiger partial charge is 0.393 e. The van der Waals surface area contributed by atoms with Crippen molar-refractivity contribution in [3.63, 3.8) is 0 Å². The minimum atomic E-state index is -4.62. The zero-order chi connectivity index (χ0) is 17.7. The molecule has 0 saturated heterocycles. The number of aliphatic hydroxyl groups excluding tert-OH is 1. The first-order valence-electron chi connectivity index (χ1n) is 7.79.